The van der Waals surface area contributed by atoms with Crippen LogP contribution in [0.2, 0.25) is 0 Å². The van der Waals surface area contributed by atoms with Crippen molar-refractivity contribution >= 4 is 32.3 Å². The van der Waals surface area contributed by atoms with Crippen LogP contribution in [-0.2, 0) is 6.54 Å². The molecule has 0 aliphatic carbocycles. The molecule has 0 unspecified atom stereocenters. The van der Waals surface area contributed by atoms with Crippen LogP contribution in [0.5, 0.6) is 0 Å². The normalized spacial score (nSPS) is 11.3. The van der Waals surface area contributed by atoms with Crippen molar-refractivity contribution in [2.45, 2.75) is 6.54 Å². The van der Waals surface area contributed by atoms with E-state index in [9.17, 15) is 4.79 Å². The quantitative estimate of drug-likeness (QED) is 0.553. The van der Waals surface area contributed by atoms with E-state index in [2.05, 4.69) is 51.2 Å². The molecule has 0 fully saturated rings. The molecule has 4 nitrogen and oxygen atoms in total. The van der Waals surface area contributed by atoms with Crippen LogP contribution in [-0.4, -0.2) is 14.0 Å². The Morgan fingerprint density at radius 1 is 1.05 bits per heavy atom. The van der Waals surface area contributed by atoms with Gasteiger partial charge in [0.1, 0.15) is 4.60 Å². The van der Waals surface area contributed by atoms with Crippen LogP contribution >= 0.6 is 15.9 Å². The minimum atomic E-state index is -0.0960. The highest BCUT2D eigenvalue weighted by atomic mass is 79.9. The van der Waals surface area contributed by atoms with E-state index in [0.717, 1.165) is 10.2 Å². The van der Waals surface area contributed by atoms with E-state index < -0.39 is 0 Å². The summed E-state index contributed by atoms with van der Waals surface area (Å²) in [5, 5.41) is 2.38. The Hall–Kier alpha value is -2.40. The molecule has 108 valence electrons. The lowest BCUT2D eigenvalue weighted by Crippen LogP contribution is -2.22. The largest absolute Gasteiger partial charge is 0.306 e. The van der Waals surface area contributed by atoms with E-state index in [-0.39, 0.29) is 5.56 Å². The van der Waals surface area contributed by atoms with Crippen LogP contribution in [0.25, 0.3) is 16.4 Å². The number of halogens is 1. The summed E-state index contributed by atoms with van der Waals surface area (Å²) in [5.74, 6) is 0. The Labute approximate surface area is 134 Å². The van der Waals surface area contributed by atoms with Crippen molar-refractivity contribution in [1.29, 1.82) is 0 Å². The Morgan fingerprint density at radius 3 is 2.73 bits per heavy atom. The summed E-state index contributed by atoms with van der Waals surface area (Å²) in [7, 11) is 0. The summed E-state index contributed by atoms with van der Waals surface area (Å²) in [6.07, 6.45) is 5.27. The number of hydrogen-bond donors (Lipinski definition) is 0. The summed E-state index contributed by atoms with van der Waals surface area (Å²) in [6.45, 7) is 0.532. The van der Waals surface area contributed by atoms with E-state index in [1.807, 2.05) is 18.3 Å². The standard InChI is InChI=1S/C17H12BrN3O/c18-15-10-19-16-17(22)20(7-8-21(15)16)11-12-5-6-13-3-1-2-4-14(13)9-12/h1-10H,11H2. The number of hydrogen-bond acceptors (Lipinski definition) is 2. The van der Waals surface area contributed by atoms with Gasteiger partial charge < -0.3 is 4.57 Å². The SMILES string of the molecule is O=c1c2ncc(Br)n2ccn1Cc1ccc2ccccc2c1. The predicted octanol–water partition coefficient (Wildman–Crippen LogP) is 3.46. The maximum atomic E-state index is 12.5. The maximum absolute atomic E-state index is 12.5. The van der Waals surface area contributed by atoms with Gasteiger partial charge in [-0.15, -0.1) is 0 Å². The van der Waals surface area contributed by atoms with Gasteiger partial charge in [-0.2, -0.15) is 0 Å². The molecule has 2 aromatic heterocycles. The van der Waals surface area contributed by atoms with E-state index in [0.29, 0.717) is 12.2 Å². The van der Waals surface area contributed by atoms with Crippen molar-refractivity contribution in [2.75, 3.05) is 0 Å². The fourth-order valence-corrected chi connectivity index (χ4v) is 3.03. The van der Waals surface area contributed by atoms with Gasteiger partial charge in [0.15, 0.2) is 0 Å². The molecule has 22 heavy (non-hydrogen) atoms. The first-order valence-electron chi connectivity index (χ1n) is 6.92. The summed E-state index contributed by atoms with van der Waals surface area (Å²) in [4.78, 5) is 16.6. The predicted molar refractivity (Wildman–Crippen MR) is 90.2 cm³/mol. The van der Waals surface area contributed by atoms with Crippen molar-refractivity contribution in [2.24, 2.45) is 0 Å². The number of nitrogens with zero attached hydrogens (tertiary/aromatic N) is 3. The number of aromatic nitrogens is 3. The smallest absolute Gasteiger partial charge is 0.294 e. The van der Waals surface area contributed by atoms with Crippen LogP contribution in [0.4, 0.5) is 0 Å². The van der Waals surface area contributed by atoms with Crippen molar-refractivity contribution in [3.63, 3.8) is 0 Å². The summed E-state index contributed by atoms with van der Waals surface area (Å²) >= 11 is 3.37. The van der Waals surface area contributed by atoms with E-state index >= 15 is 0 Å². The molecule has 0 saturated carbocycles. The van der Waals surface area contributed by atoms with E-state index in [1.165, 1.54) is 10.8 Å². The van der Waals surface area contributed by atoms with Crippen LogP contribution in [0.1, 0.15) is 5.56 Å². The summed E-state index contributed by atoms with van der Waals surface area (Å²) < 4.78 is 4.19. The zero-order valence-corrected chi connectivity index (χ0v) is 13.2. The van der Waals surface area contributed by atoms with Crippen molar-refractivity contribution in [1.82, 2.24) is 14.0 Å². The van der Waals surface area contributed by atoms with Crippen molar-refractivity contribution in [3.8, 4) is 0 Å². The Morgan fingerprint density at radius 2 is 1.86 bits per heavy atom. The molecule has 0 atom stereocenters. The third-order valence-corrected chi connectivity index (χ3v) is 4.35. The molecular formula is C17H12BrN3O. The summed E-state index contributed by atoms with van der Waals surface area (Å²) in [5.41, 5.74) is 1.42. The van der Waals surface area contributed by atoms with Crippen LogP contribution < -0.4 is 5.56 Å². The molecule has 0 bridgehead atoms. The van der Waals surface area contributed by atoms with Gasteiger partial charge in [-0.25, -0.2) is 4.98 Å². The van der Waals surface area contributed by atoms with Crippen molar-refractivity contribution in [3.05, 3.63) is 81.6 Å². The molecule has 4 aromatic rings. The Kier molecular flexibility index (Phi) is 3.08. The first-order valence-corrected chi connectivity index (χ1v) is 7.71. The van der Waals surface area contributed by atoms with Crippen molar-refractivity contribution < 1.29 is 0 Å². The van der Waals surface area contributed by atoms with Crippen LogP contribution in [0.3, 0.4) is 0 Å². The van der Waals surface area contributed by atoms with E-state index in [4.69, 9.17) is 0 Å². The second kappa shape index (κ2) is 5.10. The van der Waals surface area contributed by atoms with Gasteiger partial charge in [0.05, 0.1) is 12.7 Å². The number of imidazole rings is 1. The van der Waals surface area contributed by atoms with Gasteiger partial charge in [0.25, 0.3) is 5.56 Å². The van der Waals surface area contributed by atoms with Gasteiger partial charge >= 0.3 is 0 Å². The fourth-order valence-electron chi connectivity index (χ4n) is 2.64. The van der Waals surface area contributed by atoms with Gasteiger partial charge in [-0.05, 0) is 38.3 Å². The molecule has 0 aliphatic rings. The first kappa shape index (κ1) is 13.3. The molecule has 0 N–H and O–H groups in total. The van der Waals surface area contributed by atoms with Crippen LogP contribution in [0, 0.1) is 0 Å². The highest BCUT2D eigenvalue weighted by Crippen LogP contribution is 2.16. The molecule has 0 saturated heterocycles. The minimum Gasteiger partial charge on any atom is -0.306 e. The topological polar surface area (TPSA) is 39.3 Å². The zero-order chi connectivity index (χ0) is 15.1. The van der Waals surface area contributed by atoms with Gasteiger partial charge in [0, 0.05) is 12.4 Å². The lowest BCUT2D eigenvalue weighted by atomic mass is 10.1. The maximum Gasteiger partial charge on any atom is 0.294 e. The van der Waals surface area contributed by atoms with Crippen LogP contribution in [0.15, 0.2) is 70.5 Å². The fraction of sp³-hybridized carbons (Fsp3) is 0.0588. The molecule has 0 aliphatic heterocycles. The molecule has 0 spiro atoms. The first-order chi connectivity index (χ1) is 10.7. The highest BCUT2D eigenvalue weighted by Gasteiger charge is 2.07. The average molecular weight is 354 g/mol. The molecular weight excluding hydrogens is 342 g/mol. The minimum absolute atomic E-state index is 0.0960. The second-order valence-electron chi connectivity index (χ2n) is 5.19. The second-order valence-corrected chi connectivity index (χ2v) is 6.00. The Bertz CT molecular complexity index is 1050. The number of fused-ring (bicyclic) bond motifs is 2. The highest BCUT2D eigenvalue weighted by molar-refractivity contribution is 9.10. The Balaban J connectivity index is 1.78. The molecule has 0 amide bonds. The molecule has 4 rings (SSSR count). The monoisotopic (exact) mass is 353 g/mol. The average Bonchev–Trinajstić information content (AvgIpc) is 2.92. The third-order valence-electron chi connectivity index (χ3n) is 3.77. The zero-order valence-electron chi connectivity index (χ0n) is 11.6. The summed E-state index contributed by atoms with van der Waals surface area (Å²) in [6, 6.07) is 14.5. The lowest BCUT2D eigenvalue weighted by molar-refractivity contribution is 0.750. The number of rotatable bonds is 2. The molecule has 2 heterocycles. The van der Waals surface area contributed by atoms with Gasteiger partial charge in [0.2, 0.25) is 5.65 Å². The molecule has 2 aromatic carbocycles. The van der Waals surface area contributed by atoms with Gasteiger partial charge in [-0.1, -0.05) is 36.4 Å². The lowest BCUT2D eigenvalue weighted by Gasteiger charge is -2.07. The van der Waals surface area contributed by atoms with Gasteiger partial charge in [-0.3, -0.25) is 9.20 Å². The van der Waals surface area contributed by atoms with E-state index in [1.54, 1.807) is 21.4 Å². The third kappa shape index (κ3) is 2.14. The number of benzene rings is 2. The molecule has 0 radical (unpaired) electrons. The molecule has 5 heteroatoms.